The molecule has 0 saturated heterocycles. The Kier molecular flexibility index (Phi) is 7.07. The molecular weight excluding hydrogens is 516 g/mol. The zero-order valence-corrected chi connectivity index (χ0v) is 19.6. The number of halogens is 6. The third-order valence-corrected chi connectivity index (χ3v) is 5.60. The lowest BCUT2D eigenvalue weighted by molar-refractivity contribution is -0.143. The second-order valence-electron chi connectivity index (χ2n) is 8.18. The van der Waals surface area contributed by atoms with Crippen LogP contribution in [0.5, 0.6) is 5.75 Å². The van der Waals surface area contributed by atoms with Crippen molar-refractivity contribution in [3.63, 3.8) is 0 Å². The third kappa shape index (κ3) is 5.90. The number of ether oxygens (including phenoxy) is 1. The minimum atomic E-state index is -5.02. The van der Waals surface area contributed by atoms with Crippen molar-refractivity contribution >= 4 is 11.7 Å². The van der Waals surface area contributed by atoms with Gasteiger partial charge in [0, 0.05) is 29.6 Å². The number of hydrogen-bond acceptors (Lipinski definition) is 4. The van der Waals surface area contributed by atoms with Crippen LogP contribution in [0.4, 0.5) is 32.0 Å². The summed E-state index contributed by atoms with van der Waals surface area (Å²) in [4.78, 5) is 11.2. The number of nitrogens with zero attached hydrogens (tertiary/aromatic N) is 2. The maximum Gasteiger partial charge on any atom is 0.416 e. The van der Waals surface area contributed by atoms with Crippen molar-refractivity contribution in [3.8, 4) is 22.7 Å². The molecule has 0 bridgehead atoms. The highest BCUT2D eigenvalue weighted by molar-refractivity contribution is 5.87. The van der Waals surface area contributed by atoms with E-state index in [2.05, 4.69) is 10.4 Å². The van der Waals surface area contributed by atoms with E-state index >= 15 is 0 Å². The average Bonchev–Trinajstić information content (AvgIpc) is 3.31. The van der Waals surface area contributed by atoms with Gasteiger partial charge in [-0.2, -0.15) is 31.4 Å². The molecule has 3 aromatic carbocycles. The lowest BCUT2D eigenvalue weighted by Gasteiger charge is -2.14. The first-order valence-corrected chi connectivity index (χ1v) is 10.9. The number of carboxylic acid groups (broad SMARTS) is 1. The lowest BCUT2D eigenvalue weighted by Crippen LogP contribution is -2.11. The van der Waals surface area contributed by atoms with E-state index in [9.17, 15) is 31.1 Å². The highest BCUT2D eigenvalue weighted by Gasteiger charge is 2.37. The van der Waals surface area contributed by atoms with E-state index in [1.807, 2.05) is 0 Å². The van der Waals surface area contributed by atoms with Crippen LogP contribution in [0.1, 0.15) is 27.0 Å². The van der Waals surface area contributed by atoms with Crippen LogP contribution in [-0.4, -0.2) is 28.0 Å². The second-order valence-corrected chi connectivity index (χ2v) is 8.18. The summed E-state index contributed by atoms with van der Waals surface area (Å²) in [5.41, 5.74) is -2.13. The molecule has 4 rings (SSSR count). The van der Waals surface area contributed by atoms with Gasteiger partial charge in [0.05, 0.1) is 35.2 Å². The predicted molar refractivity (Wildman–Crippen MR) is 126 cm³/mol. The Morgan fingerprint density at radius 3 is 2.00 bits per heavy atom. The summed E-state index contributed by atoms with van der Waals surface area (Å²) in [5.74, 6) is -0.566. The van der Waals surface area contributed by atoms with E-state index in [0.29, 0.717) is 34.8 Å². The normalized spacial score (nSPS) is 11.9. The molecule has 4 aromatic rings. The summed E-state index contributed by atoms with van der Waals surface area (Å²) in [6, 6.07) is 13.5. The summed E-state index contributed by atoms with van der Waals surface area (Å²) in [7, 11) is 1.50. The van der Waals surface area contributed by atoms with E-state index < -0.39 is 29.4 Å². The number of carboxylic acids is 1. The average molecular weight is 535 g/mol. The van der Waals surface area contributed by atoms with Gasteiger partial charge in [-0.25, -0.2) is 9.48 Å². The molecule has 0 atom stereocenters. The maximum absolute atomic E-state index is 13.5. The molecule has 0 radical (unpaired) electrons. The topological polar surface area (TPSA) is 76.4 Å². The molecule has 12 heteroatoms. The number of alkyl halides is 6. The monoisotopic (exact) mass is 535 g/mol. The van der Waals surface area contributed by atoms with Crippen molar-refractivity contribution < 1.29 is 41.0 Å². The number of aromatic nitrogens is 2. The molecule has 198 valence electrons. The summed E-state index contributed by atoms with van der Waals surface area (Å²) in [6.45, 7) is 0.00642. The summed E-state index contributed by atoms with van der Waals surface area (Å²) in [5, 5.41) is 16.5. The van der Waals surface area contributed by atoms with E-state index in [-0.39, 0.29) is 29.4 Å². The van der Waals surface area contributed by atoms with Crippen LogP contribution < -0.4 is 10.1 Å². The highest BCUT2D eigenvalue weighted by Crippen LogP contribution is 2.39. The molecule has 0 spiro atoms. The molecule has 0 saturated carbocycles. The Hall–Kier alpha value is -4.48. The molecule has 0 aliphatic carbocycles. The van der Waals surface area contributed by atoms with Crippen LogP contribution in [-0.2, 0) is 18.9 Å². The summed E-state index contributed by atoms with van der Waals surface area (Å²) >= 11 is 0. The molecule has 38 heavy (non-hydrogen) atoms. The molecule has 1 aromatic heterocycles. The molecule has 1 heterocycles. The van der Waals surface area contributed by atoms with Crippen molar-refractivity contribution in [2.45, 2.75) is 18.9 Å². The van der Waals surface area contributed by atoms with Gasteiger partial charge >= 0.3 is 18.3 Å². The zero-order chi connectivity index (χ0) is 27.7. The number of carbonyl (C=O) groups is 1. The summed E-state index contributed by atoms with van der Waals surface area (Å²) < 4.78 is 87.3. The van der Waals surface area contributed by atoms with Gasteiger partial charge in [0.15, 0.2) is 0 Å². The van der Waals surface area contributed by atoms with E-state index in [1.165, 1.54) is 42.3 Å². The molecule has 6 nitrogen and oxygen atoms in total. The Morgan fingerprint density at radius 1 is 0.921 bits per heavy atom. The van der Waals surface area contributed by atoms with Gasteiger partial charge < -0.3 is 15.2 Å². The predicted octanol–water partition coefficient (Wildman–Crippen LogP) is 6.90. The van der Waals surface area contributed by atoms with Gasteiger partial charge in [-0.1, -0.05) is 0 Å². The Labute approximate surface area is 212 Å². The first-order chi connectivity index (χ1) is 17.8. The maximum atomic E-state index is 13.5. The minimum Gasteiger partial charge on any atom is -0.497 e. The van der Waals surface area contributed by atoms with Crippen molar-refractivity contribution in [2.75, 3.05) is 12.4 Å². The fraction of sp³-hybridized carbons (Fsp3) is 0.154. The molecule has 0 amide bonds. The number of anilines is 1. The number of methoxy groups -OCH3 is 1. The SMILES string of the molecule is COc1ccc(NCc2cn(-c3ccc(C(=O)O)cc3)nc2-c2cc(C(F)(F)F)cc(C(F)(F)F)c2)cc1. The van der Waals surface area contributed by atoms with Crippen molar-refractivity contribution in [2.24, 2.45) is 0 Å². The Bertz CT molecular complexity index is 1410. The molecule has 2 N–H and O–H groups in total. The van der Waals surface area contributed by atoms with Gasteiger partial charge in [-0.05, 0) is 66.7 Å². The smallest absolute Gasteiger partial charge is 0.416 e. The Balaban J connectivity index is 1.81. The molecule has 0 aliphatic rings. The van der Waals surface area contributed by atoms with Crippen molar-refractivity contribution in [1.82, 2.24) is 9.78 Å². The molecular formula is C26H19F6N3O3. The number of benzene rings is 3. The highest BCUT2D eigenvalue weighted by atomic mass is 19.4. The first-order valence-electron chi connectivity index (χ1n) is 10.9. The molecule has 0 aliphatic heterocycles. The molecule has 0 unspecified atom stereocenters. The van der Waals surface area contributed by atoms with Gasteiger partial charge in [0.2, 0.25) is 0 Å². The van der Waals surface area contributed by atoms with E-state index in [1.54, 1.807) is 24.3 Å². The molecule has 0 fully saturated rings. The van der Waals surface area contributed by atoms with Gasteiger partial charge in [-0.15, -0.1) is 0 Å². The fourth-order valence-electron chi connectivity index (χ4n) is 3.67. The van der Waals surface area contributed by atoms with Crippen molar-refractivity contribution in [3.05, 3.63) is 95.2 Å². The standard InChI is InChI=1S/C26H19F6N3O3/c1-38-22-8-4-20(5-9-22)33-13-17-14-35(21-6-2-15(3-7-21)24(36)37)34-23(17)16-10-18(25(27,28)29)12-19(11-16)26(30,31)32/h2-12,14,33H,13H2,1H3,(H,36,37). The van der Waals surface area contributed by atoms with Gasteiger partial charge in [0.25, 0.3) is 0 Å². The van der Waals surface area contributed by atoms with Crippen LogP contribution >= 0.6 is 0 Å². The quantitative estimate of drug-likeness (QED) is 0.252. The van der Waals surface area contributed by atoms with Gasteiger partial charge in [0.1, 0.15) is 5.75 Å². The van der Waals surface area contributed by atoms with Crippen LogP contribution in [0.15, 0.2) is 72.9 Å². The summed E-state index contributed by atoms with van der Waals surface area (Å²) in [6.07, 6.45) is -8.59. The Morgan fingerprint density at radius 2 is 1.50 bits per heavy atom. The van der Waals surface area contributed by atoms with Crippen LogP contribution in [0.25, 0.3) is 16.9 Å². The largest absolute Gasteiger partial charge is 0.497 e. The number of hydrogen-bond donors (Lipinski definition) is 2. The number of nitrogens with one attached hydrogen (secondary N) is 1. The van der Waals surface area contributed by atoms with Crippen LogP contribution in [0.2, 0.25) is 0 Å². The van der Waals surface area contributed by atoms with E-state index in [4.69, 9.17) is 9.84 Å². The van der Waals surface area contributed by atoms with Gasteiger partial charge in [-0.3, -0.25) is 0 Å². The van der Waals surface area contributed by atoms with E-state index in [0.717, 1.165) is 0 Å². The number of rotatable bonds is 7. The van der Waals surface area contributed by atoms with Crippen molar-refractivity contribution in [1.29, 1.82) is 0 Å². The minimum absolute atomic E-state index is 0.00442. The first kappa shape index (κ1) is 26.6. The fourth-order valence-corrected chi connectivity index (χ4v) is 3.67. The lowest BCUT2D eigenvalue weighted by atomic mass is 10.0. The third-order valence-electron chi connectivity index (χ3n) is 5.60. The second kappa shape index (κ2) is 10.1. The number of aromatic carboxylic acids is 1. The zero-order valence-electron chi connectivity index (χ0n) is 19.6. The van der Waals surface area contributed by atoms with Crippen LogP contribution in [0.3, 0.4) is 0 Å². The van der Waals surface area contributed by atoms with Crippen LogP contribution in [0, 0.1) is 0 Å².